The Kier molecular flexibility index (Phi) is 6.95. The third kappa shape index (κ3) is 5.82. The molecule has 0 bridgehead atoms. The quantitative estimate of drug-likeness (QED) is 0.580. The molecule has 27 heavy (non-hydrogen) atoms. The summed E-state index contributed by atoms with van der Waals surface area (Å²) >= 11 is 3.29. The van der Waals surface area contributed by atoms with Crippen molar-refractivity contribution in [2.75, 3.05) is 0 Å². The Morgan fingerprint density at radius 3 is 2.33 bits per heavy atom. The molecule has 0 aliphatic carbocycles. The third-order valence-corrected chi connectivity index (χ3v) is 4.18. The van der Waals surface area contributed by atoms with E-state index >= 15 is 0 Å². The Bertz CT molecular complexity index is 841. The Morgan fingerprint density at radius 2 is 1.81 bits per heavy atom. The molecule has 0 spiro atoms. The van der Waals surface area contributed by atoms with E-state index in [0.29, 0.717) is 11.3 Å². The predicted molar refractivity (Wildman–Crippen MR) is 103 cm³/mol. The number of amides is 2. The van der Waals surface area contributed by atoms with E-state index < -0.39 is 23.8 Å². The Hall–Kier alpha value is -2.87. The van der Waals surface area contributed by atoms with Crippen molar-refractivity contribution in [3.63, 3.8) is 0 Å². The molecule has 2 amide bonds. The number of hydrogen-bond donors (Lipinski definition) is 3. The van der Waals surface area contributed by atoms with E-state index in [2.05, 4.69) is 26.6 Å². The summed E-state index contributed by atoms with van der Waals surface area (Å²) < 4.78 is 6.00. The number of rotatable bonds is 7. The van der Waals surface area contributed by atoms with Crippen molar-refractivity contribution >= 4 is 39.8 Å². The van der Waals surface area contributed by atoms with Gasteiger partial charge in [0.2, 0.25) is 0 Å². The first kappa shape index (κ1) is 20.4. The molecule has 0 unspecified atom stereocenters. The number of benzene rings is 1. The molecule has 0 fully saturated rings. The molecule has 2 rings (SSSR count). The maximum Gasteiger partial charge on any atom is 0.326 e. The summed E-state index contributed by atoms with van der Waals surface area (Å²) in [5.74, 6) is -2.38. The van der Waals surface area contributed by atoms with Gasteiger partial charge in [0, 0.05) is 16.1 Å². The van der Waals surface area contributed by atoms with Gasteiger partial charge in [0.1, 0.15) is 17.5 Å². The number of carbonyl (C=O) groups is 3. The van der Waals surface area contributed by atoms with E-state index in [-0.39, 0.29) is 11.6 Å². The van der Waals surface area contributed by atoms with E-state index in [0.717, 1.165) is 4.47 Å². The summed E-state index contributed by atoms with van der Waals surface area (Å²) in [6, 6.07) is 8.73. The molecular weight excluding hydrogens is 416 g/mol. The van der Waals surface area contributed by atoms with E-state index in [1.807, 2.05) is 0 Å². The maximum absolute atomic E-state index is 12.6. The molecule has 0 saturated heterocycles. The largest absolute Gasteiger partial charge is 0.480 e. The molecule has 8 heteroatoms. The van der Waals surface area contributed by atoms with Crippen LogP contribution in [0.5, 0.6) is 0 Å². The summed E-state index contributed by atoms with van der Waals surface area (Å²) in [4.78, 5) is 36.4. The molecule has 1 aromatic heterocycles. The van der Waals surface area contributed by atoms with Crippen LogP contribution in [0, 0.1) is 5.92 Å². The summed E-state index contributed by atoms with van der Waals surface area (Å²) in [5, 5.41) is 14.2. The van der Waals surface area contributed by atoms with E-state index in [1.54, 1.807) is 50.2 Å². The second-order valence-corrected chi connectivity index (χ2v) is 6.98. The average Bonchev–Trinajstić information content (AvgIpc) is 3.11. The van der Waals surface area contributed by atoms with Crippen LogP contribution in [0.1, 0.15) is 30.0 Å². The van der Waals surface area contributed by atoms with Crippen LogP contribution >= 0.6 is 15.9 Å². The van der Waals surface area contributed by atoms with Gasteiger partial charge in [-0.05, 0) is 42.3 Å². The monoisotopic (exact) mass is 434 g/mol. The van der Waals surface area contributed by atoms with Crippen LogP contribution in [0.2, 0.25) is 0 Å². The van der Waals surface area contributed by atoms with Crippen LogP contribution in [0.3, 0.4) is 0 Å². The van der Waals surface area contributed by atoms with Gasteiger partial charge in [-0.1, -0.05) is 29.8 Å². The van der Waals surface area contributed by atoms with Gasteiger partial charge in [-0.15, -0.1) is 0 Å². The first-order chi connectivity index (χ1) is 12.8. The second-order valence-electron chi connectivity index (χ2n) is 6.07. The fourth-order valence-corrected chi connectivity index (χ4v) is 2.47. The summed E-state index contributed by atoms with van der Waals surface area (Å²) in [7, 11) is 0. The van der Waals surface area contributed by atoms with Crippen LogP contribution in [-0.2, 0) is 9.59 Å². The number of nitrogens with one attached hydrogen (secondary N) is 2. The lowest BCUT2D eigenvalue weighted by Crippen LogP contribution is -2.47. The zero-order valence-corrected chi connectivity index (χ0v) is 16.3. The SMILES string of the molecule is CC(C)[C@@H](NC(=O)/C(=C/c1ccco1)NC(=O)c1ccc(Br)cc1)C(=O)O. The van der Waals surface area contributed by atoms with E-state index in [4.69, 9.17) is 4.42 Å². The van der Waals surface area contributed by atoms with E-state index in [9.17, 15) is 19.5 Å². The molecule has 2 aromatic rings. The van der Waals surface area contributed by atoms with Crippen LogP contribution in [0.25, 0.3) is 6.08 Å². The molecule has 1 atom stereocenters. The molecular formula is C19H19BrN2O5. The van der Waals surface area contributed by atoms with Gasteiger partial charge in [0.25, 0.3) is 11.8 Å². The Morgan fingerprint density at radius 1 is 1.15 bits per heavy atom. The number of furan rings is 1. The van der Waals surface area contributed by atoms with Gasteiger partial charge in [0.05, 0.1) is 6.26 Å². The lowest BCUT2D eigenvalue weighted by molar-refractivity contribution is -0.142. The lowest BCUT2D eigenvalue weighted by atomic mass is 10.0. The molecule has 0 saturated carbocycles. The van der Waals surface area contributed by atoms with Crippen molar-refractivity contribution < 1.29 is 23.9 Å². The standard InChI is InChI=1S/C19H19BrN2O5/c1-11(2)16(19(25)26)22-18(24)15(10-14-4-3-9-27-14)21-17(23)12-5-7-13(20)8-6-12/h3-11,16H,1-2H3,(H,21,23)(H,22,24)(H,25,26)/b15-10-/t16-/m1/s1. The first-order valence-electron chi connectivity index (χ1n) is 8.13. The highest BCUT2D eigenvalue weighted by Crippen LogP contribution is 2.12. The third-order valence-electron chi connectivity index (χ3n) is 3.65. The van der Waals surface area contributed by atoms with Crippen LogP contribution in [0.15, 0.2) is 57.2 Å². The number of aliphatic carboxylic acids is 1. The van der Waals surface area contributed by atoms with Crippen LogP contribution in [-0.4, -0.2) is 28.9 Å². The fraction of sp³-hybridized carbons (Fsp3) is 0.211. The van der Waals surface area contributed by atoms with Gasteiger partial charge < -0.3 is 20.2 Å². The predicted octanol–water partition coefficient (Wildman–Crippen LogP) is 3.04. The fourth-order valence-electron chi connectivity index (χ4n) is 2.20. The average molecular weight is 435 g/mol. The van der Waals surface area contributed by atoms with Gasteiger partial charge in [-0.25, -0.2) is 4.79 Å². The lowest BCUT2D eigenvalue weighted by Gasteiger charge is -2.19. The highest BCUT2D eigenvalue weighted by atomic mass is 79.9. The second kappa shape index (κ2) is 9.18. The molecule has 1 aromatic carbocycles. The van der Waals surface area contributed by atoms with Gasteiger partial charge in [-0.2, -0.15) is 0 Å². The Balaban J connectivity index is 2.26. The van der Waals surface area contributed by atoms with Crippen molar-refractivity contribution in [2.45, 2.75) is 19.9 Å². The molecule has 0 radical (unpaired) electrons. The number of halogens is 1. The summed E-state index contributed by atoms with van der Waals surface area (Å²) in [6.07, 6.45) is 2.76. The van der Waals surface area contributed by atoms with Gasteiger partial charge in [0.15, 0.2) is 0 Å². The molecule has 0 aliphatic heterocycles. The zero-order valence-electron chi connectivity index (χ0n) is 14.7. The summed E-state index contributed by atoms with van der Waals surface area (Å²) in [6.45, 7) is 3.35. The molecule has 0 aliphatic rings. The molecule has 1 heterocycles. The van der Waals surface area contributed by atoms with Crippen molar-refractivity contribution in [1.82, 2.24) is 10.6 Å². The maximum atomic E-state index is 12.6. The Labute approximate surface area is 164 Å². The van der Waals surface area contributed by atoms with Crippen LogP contribution < -0.4 is 10.6 Å². The van der Waals surface area contributed by atoms with Gasteiger partial charge in [-0.3, -0.25) is 9.59 Å². The highest BCUT2D eigenvalue weighted by Gasteiger charge is 2.26. The normalized spacial score (nSPS) is 12.5. The van der Waals surface area contributed by atoms with Gasteiger partial charge >= 0.3 is 5.97 Å². The number of carbonyl (C=O) groups excluding carboxylic acids is 2. The van der Waals surface area contributed by atoms with E-state index in [1.165, 1.54) is 12.3 Å². The molecule has 7 nitrogen and oxygen atoms in total. The smallest absolute Gasteiger partial charge is 0.326 e. The van der Waals surface area contributed by atoms with Crippen LogP contribution in [0.4, 0.5) is 0 Å². The minimum Gasteiger partial charge on any atom is -0.480 e. The zero-order chi connectivity index (χ0) is 20.0. The minimum absolute atomic E-state index is 0.121. The van der Waals surface area contributed by atoms with Crippen molar-refractivity contribution in [3.05, 3.63) is 64.2 Å². The number of carboxylic acid groups (broad SMARTS) is 1. The minimum atomic E-state index is -1.16. The molecule has 142 valence electrons. The highest BCUT2D eigenvalue weighted by molar-refractivity contribution is 9.10. The number of carboxylic acids is 1. The molecule has 3 N–H and O–H groups in total. The first-order valence-corrected chi connectivity index (χ1v) is 8.93. The summed E-state index contributed by atoms with van der Waals surface area (Å²) in [5.41, 5.74) is 0.222. The van der Waals surface area contributed by atoms with Crippen molar-refractivity contribution in [2.24, 2.45) is 5.92 Å². The topological polar surface area (TPSA) is 109 Å². The van der Waals surface area contributed by atoms with Crippen molar-refractivity contribution in [1.29, 1.82) is 0 Å². The number of hydrogen-bond acceptors (Lipinski definition) is 4. The van der Waals surface area contributed by atoms with Crippen molar-refractivity contribution in [3.8, 4) is 0 Å².